The predicted octanol–water partition coefficient (Wildman–Crippen LogP) is 3.46. The summed E-state index contributed by atoms with van der Waals surface area (Å²) in [5, 5.41) is 0.660. The third kappa shape index (κ3) is 2.80. The van der Waals surface area contributed by atoms with E-state index in [1.54, 1.807) is 0 Å². The lowest BCUT2D eigenvalue weighted by Crippen LogP contribution is -2.55. The number of halogens is 1. The zero-order valence-corrected chi connectivity index (χ0v) is 14.4. The second kappa shape index (κ2) is 6.05. The molecular weight excluding hydrogens is 326 g/mol. The molecule has 1 aromatic heterocycles. The average Bonchev–Trinajstić information content (AvgIpc) is 3.21. The molecule has 0 unspecified atom stereocenters. The number of hydrogen-bond acceptors (Lipinski definition) is 4. The van der Waals surface area contributed by atoms with E-state index in [-0.39, 0.29) is 11.8 Å². The van der Waals surface area contributed by atoms with Crippen molar-refractivity contribution in [2.24, 2.45) is 5.73 Å². The van der Waals surface area contributed by atoms with E-state index in [1.807, 2.05) is 23.1 Å². The number of carbonyl (C=O) groups excluding carboxylic acids is 1. The van der Waals surface area contributed by atoms with Gasteiger partial charge in [-0.3, -0.25) is 4.79 Å². The molecule has 2 fully saturated rings. The van der Waals surface area contributed by atoms with Gasteiger partial charge in [0.15, 0.2) is 11.5 Å². The molecule has 4 rings (SSSR count). The smallest absolute Gasteiger partial charge is 0.242 e. The molecule has 0 radical (unpaired) electrons. The zero-order chi connectivity index (χ0) is 16.7. The Morgan fingerprint density at radius 1 is 1.29 bits per heavy atom. The van der Waals surface area contributed by atoms with Crippen LogP contribution in [0.15, 0.2) is 22.6 Å². The lowest BCUT2D eigenvalue weighted by atomic mass is 9.92. The number of piperidine rings is 1. The number of likely N-dealkylation sites (tertiary alicyclic amines) is 1. The molecule has 2 aliphatic rings. The summed E-state index contributed by atoms with van der Waals surface area (Å²) >= 11 is 6.01. The van der Waals surface area contributed by atoms with Gasteiger partial charge in [0, 0.05) is 24.0 Å². The lowest BCUT2D eigenvalue weighted by Gasteiger charge is -2.36. The number of nitrogens with zero attached hydrogens (tertiary/aromatic N) is 2. The molecule has 128 valence electrons. The van der Waals surface area contributed by atoms with Crippen molar-refractivity contribution in [2.75, 3.05) is 13.1 Å². The van der Waals surface area contributed by atoms with Gasteiger partial charge in [-0.1, -0.05) is 24.4 Å². The van der Waals surface area contributed by atoms with E-state index in [1.165, 1.54) is 0 Å². The van der Waals surface area contributed by atoms with Gasteiger partial charge in [-0.2, -0.15) is 0 Å². The number of benzene rings is 1. The molecule has 0 spiro atoms. The summed E-state index contributed by atoms with van der Waals surface area (Å²) in [5.41, 5.74) is 7.24. The molecule has 0 atom stereocenters. The number of amides is 1. The second-order valence-electron chi connectivity index (χ2n) is 7.09. The minimum atomic E-state index is -0.624. The molecule has 1 aromatic carbocycles. The molecule has 1 aliphatic heterocycles. The van der Waals surface area contributed by atoms with Crippen molar-refractivity contribution in [2.45, 2.75) is 50.0 Å². The predicted molar refractivity (Wildman–Crippen MR) is 93.0 cm³/mol. The van der Waals surface area contributed by atoms with E-state index in [4.69, 9.17) is 21.8 Å². The first kappa shape index (κ1) is 15.9. The molecule has 24 heavy (non-hydrogen) atoms. The molecule has 5 nitrogen and oxygen atoms in total. The van der Waals surface area contributed by atoms with Crippen molar-refractivity contribution >= 4 is 28.6 Å². The van der Waals surface area contributed by atoms with Gasteiger partial charge < -0.3 is 15.1 Å². The van der Waals surface area contributed by atoms with Crippen molar-refractivity contribution in [3.8, 4) is 0 Å². The summed E-state index contributed by atoms with van der Waals surface area (Å²) in [6, 6.07) is 5.48. The summed E-state index contributed by atoms with van der Waals surface area (Å²) in [4.78, 5) is 19.2. The van der Waals surface area contributed by atoms with Crippen LogP contribution in [0.5, 0.6) is 0 Å². The Hall–Kier alpha value is -1.59. The Bertz CT molecular complexity index is 759. The summed E-state index contributed by atoms with van der Waals surface area (Å²) in [6.45, 7) is 1.45. The molecular formula is C18H22ClN3O2. The monoisotopic (exact) mass is 347 g/mol. The van der Waals surface area contributed by atoms with Gasteiger partial charge in [-0.15, -0.1) is 0 Å². The van der Waals surface area contributed by atoms with Gasteiger partial charge in [0.1, 0.15) is 5.52 Å². The third-order valence-corrected chi connectivity index (χ3v) is 5.65. The lowest BCUT2D eigenvalue weighted by molar-refractivity contribution is -0.138. The molecule has 2 N–H and O–H groups in total. The van der Waals surface area contributed by atoms with Crippen molar-refractivity contribution in [1.82, 2.24) is 9.88 Å². The molecule has 1 saturated heterocycles. The van der Waals surface area contributed by atoms with Gasteiger partial charge in [0.05, 0.1) is 5.54 Å². The highest BCUT2D eigenvalue weighted by atomic mass is 35.5. The topological polar surface area (TPSA) is 72.4 Å². The van der Waals surface area contributed by atoms with Crippen molar-refractivity contribution < 1.29 is 9.21 Å². The number of carbonyl (C=O) groups is 1. The highest BCUT2D eigenvalue weighted by molar-refractivity contribution is 6.31. The Balaban J connectivity index is 1.44. The van der Waals surface area contributed by atoms with Crippen molar-refractivity contribution in [1.29, 1.82) is 0 Å². The van der Waals surface area contributed by atoms with Gasteiger partial charge in [-0.25, -0.2) is 4.98 Å². The van der Waals surface area contributed by atoms with Crippen molar-refractivity contribution in [3.05, 3.63) is 29.1 Å². The fraction of sp³-hybridized carbons (Fsp3) is 0.556. The number of nitrogens with two attached hydrogens (primary N) is 1. The minimum Gasteiger partial charge on any atom is -0.440 e. The largest absolute Gasteiger partial charge is 0.440 e. The number of aromatic nitrogens is 1. The Labute approximate surface area is 146 Å². The SMILES string of the molecule is NC1(C(=O)N2CCC(c3nc4cc(Cl)ccc4o3)CC2)CCCC1. The molecule has 1 aliphatic carbocycles. The quantitative estimate of drug-likeness (QED) is 0.903. The number of oxazole rings is 1. The maximum Gasteiger partial charge on any atom is 0.242 e. The molecule has 1 amide bonds. The summed E-state index contributed by atoms with van der Waals surface area (Å²) < 4.78 is 5.88. The highest BCUT2D eigenvalue weighted by Crippen LogP contribution is 2.34. The molecule has 0 bridgehead atoms. The van der Waals surface area contributed by atoms with Crippen LogP contribution >= 0.6 is 11.6 Å². The Kier molecular flexibility index (Phi) is 4.01. The normalized spacial score (nSPS) is 21.5. The van der Waals surface area contributed by atoms with E-state index >= 15 is 0 Å². The third-order valence-electron chi connectivity index (χ3n) is 5.42. The van der Waals surface area contributed by atoms with E-state index in [0.29, 0.717) is 5.02 Å². The highest BCUT2D eigenvalue weighted by Gasteiger charge is 2.41. The molecule has 2 heterocycles. The minimum absolute atomic E-state index is 0.128. The number of rotatable bonds is 2. The van der Waals surface area contributed by atoms with Crippen LogP contribution < -0.4 is 5.73 Å². The summed E-state index contributed by atoms with van der Waals surface area (Å²) in [5.74, 6) is 1.13. The van der Waals surface area contributed by atoms with E-state index in [9.17, 15) is 4.79 Å². The van der Waals surface area contributed by atoms with Crippen LogP contribution in [0, 0.1) is 0 Å². The first-order chi connectivity index (χ1) is 11.5. The van der Waals surface area contributed by atoms with E-state index in [2.05, 4.69) is 4.98 Å². The first-order valence-electron chi connectivity index (χ1n) is 8.69. The Morgan fingerprint density at radius 2 is 2.00 bits per heavy atom. The van der Waals surface area contributed by atoms with Gasteiger partial charge in [0.2, 0.25) is 5.91 Å². The number of hydrogen-bond donors (Lipinski definition) is 1. The number of fused-ring (bicyclic) bond motifs is 1. The van der Waals surface area contributed by atoms with Gasteiger partial charge in [-0.05, 0) is 43.9 Å². The fourth-order valence-corrected chi connectivity index (χ4v) is 4.12. The van der Waals surface area contributed by atoms with Crippen molar-refractivity contribution in [3.63, 3.8) is 0 Å². The van der Waals surface area contributed by atoms with Gasteiger partial charge in [0.25, 0.3) is 0 Å². The molecule has 2 aromatic rings. The van der Waals surface area contributed by atoms with Gasteiger partial charge >= 0.3 is 0 Å². The molecule has 6 heteroatoms. The maximum absolute atomic E-state index is 12.7. The fourth-order valence-electron chi connectivity index (χ4n) is 3.96. The van der Waals surface area contributed by atoms with Crippen LogP contribution in [-0.4, -0.2) is 34.4 Å². The zero-order valence-electron chi connectivity index (χ0n) is 13.6. The standard InChI is InChI=1S/C18H22ClN3O2/c19-13-3-4-15-14(11-13)21-16(24-15)12-5-9-22(10-6-12)17(23)18(20)7-1-2-8-18/h3-4,11-12H,1-2,5-10,20H2. The maximum atomic E-state index is 12.7. The molecule has 1 saturated carbocycles. The van der Waals surface area contributed by atoms with Crippen LogP contribution in [0.2, 0.25) is 5.02 Å². The van der Waals surface area contributed by atoms with E-state index in [0.717, 1.165) is 68.6 Å². The average molecular weight is 348 g/mol. The first-order valence-corrected chi connectivity index (χ1v) is 9.07. The summed E-state index contributed by atoms with van der Waals surface area (Å²) in [6.07, 6.45) is 5.48. The van der Waals surface area contributed by atoms with Crippen LogP contribution in [0.25, 0.3) is 11.1 Å². The van der Waals surface area contributed by atoms with Crippen LogP contribution in [-0.2, 0) is 4.79 Å². The van der Waals surface area contributed by atoms with E-state index < -0.39 is 5.54 Å². The Morgan fingerprint density at radius 3 is 2.71 bits per heavy atom. The van der Waals surface area contributed by atoms with Crippen LogP contribution in [0.1, 0.15) is 50.3 Å². The van der Waals surface area contributed by atoms with Crippen LogP contribution in [0.4, 0.5) is 0 Å². The second-order valence-corrected chi connectivity index (χ2v) is 7.53. The van der Waals surface area contributed by atoms with Crippen LogP contribution in [0.3, 0.4) is 0 Å². The summed E-state index contributed by atoms with van der Waals surface area (Å²) in [7, 11) is 0.